The van der Waals surface area contributed by atoms with Gasteiger partial charge < -0.3 is 15.4 Å². The fourth-order valence-electron chi connectivity index (χ4n) is 1.75. The SMILES string of the molecule is COc1ccc(CNc2nncc(NC(C)(C)C)n2)cc1. The van der Waals surface area contributed by atoms with Crippen molar-refractivity contribution in [2.75, 3.05) is 17.7 Å². The number of nitrogens with one attached hydrogen (secondary N) is 2. The van der Waals surface area contributed by atoms with Crippen LogP contribution in [0.2, 0.25) is 0 Å². The Labute approximate surface area is 125 Å². The normalized spacial score (nSPS) is 11.0. The summed E-state index contributed by atoms with van der Waals surface area (Å²) in [6.07, 6.45) is 1.61. The first-order valence-electron chi connectivity index (χ1n) is 6.81. The van der Waals surface area contributed by atoms with Crippen molar-refractivity contribution < 1.29 is 4.74 Å². The molecule has 2 aromatic rings. The van der Waals surface area contributed by atoms with Crippen LogP contribution in [0, 0.1) is 0 Å². The molecule has 0 aliphatic rings. The number of hydrogen-bond acceptors (Lipinski definition) is 6. The van der Waals surface area contributed by atoms with Crippen molar-refractivity contribution in [2.45, 2.75) is 32.9 Å². The van der Waals surface area contributed by atoms with Gasteiger partial charge in [-0.15, -0.1) is 5.10 Å². The van der Waals surface area contributed by atoms with E-state index < -0.39 is 0 Å². The van der Waals surface area contributed by atoms with Crippen LogP contribution in [0.5, 0.6) is 5.75 Å². The molecule has 1 aromatic carbocycles. The van der Waals surface area contributed by atoms with Crippen molar-refractivity contribution in [3.05, 3.63) is 36.0 Å². The Morgan fingerprint density at radius 3 is 2.48 bits per heavy atom. The highest BCUT2D eigenvalue weighted by Crippen LogP contribution is 2.14. The summed E-state index contributed by atoms with van der Waals surface area (Å²) >= 11 is 0. The van der Waals surface area contributed by atoms with Crippen molar-refractivity contribution in [3.8, 4) is 5.75 Å². The van der Waals surface area contributed by atoms with Gasteiger partial charge in [0.05, 0.1) is 13.3 Å². The number of rotatable bonds is 5. The number of anilines is 2. The molecule has 0 aliphatic heterocycles. The molecular weight excluding hydrogens is 266 g/mol. The van der Waals surface area contributed by atoms with E-state index in [1.54, 1.807) is 13.3 Å². The number of nitrogens with zero attached hydrogens (tertiary/aromatic N) is 3. The van der Waals surface area contributed by atoms with E-state index in [2.05, 4.69) is 46.6 Å². The summed E-state index contributed by atoms with van der Waals surface area (Å²) in [6.45, 7) is 6.84. The maximum atomic E-state index is 5.13. The second-order valence-corrected chi connectivity index (χ2v) is 5.74. The van der Waals surface area contributed by atoms with Gasteiger partial charge in [0.1, 0.15) is 5.75 Å². The smallest absolute Gasteiger partial charge is 0.244 e. The molecule has 0 atom stereocenters. The molecular formula is C15H21N5O. The third kappa shape index (κ3) is 4.91. The second kappa shape index (κ2) is 6.39. The van der Waals surface area contributed by atoms with E-state index in [9.17, 15) is 0 Å². The number of methoxy groups -OCH3 is 1. The quantitative estimate of drug-likeness (QED) is 0.881. The molecule has 6 nitrogen and oxygen atoms in total. The Kier molecular flexibility index (Phi) is 4.57. The molecule has 0 bridgehead atoms. The molecule has 0 radical (unpaired) electrons. The molecule has 2 N–H and O–H groups in total. The van der Waals surface area contributed by atoms with Crippen LogP contribution in [0.25, 0.3) is 0 Å². The predicted octanol–water partition coefficient (Wildman–Crippen LogP) is 2.70. The molecule has 0 amide bonds. The van der Waals surface area contributed by atoms with Gasteiger partial charge in [0, 0.05) is 12.1 Å². The Bertz CT molecular complexity index is 577. The fourth-order valence-corrected chi connectivity index (χ4v) is 1.75. The lowest BCUT2D eigenvalue weighted by atomic mass is 10.1. The summed E-state index contributed by atoms with van der Waals surface area (Å²) in [5.41, 5.74) is 1.05. The molecule has 0 saturated carbocycles. The highest BCUT2D eigenvalue weighted by Gasteiger charge is 2.11. The maximum absolute atomic E-state index is 5.13. The molecule has 1 aromatic heterocycles. The van der Waals surface area contributed by atoms with E-state index in [1.807, 2.05) is 24.3 Å². The molecule has 0 saturated heterocycles. The van der Waals surface area contributed by atoms with Gasteiger partial charge in [0.25, 0.3) is 0 Å². The second-order valence-electron chi connectivity index (χ2n) is 5.74. The summed E-state index contributed by atoms with van der Waals surface area (Å²) in [7, 11) is 1.65. The first-order valence-corrected chi connectivity index (χ1v) is 6.81. The average molecular weight is 287 g/mol. The number of aromatic nitrogens is 3. The lowest BCUT2D eigenvalue weighted by Crippen LogP contribution is -2.27. The number of benzene rings is 1. The van der Waals surface area contributed by atoms with Gasteiger partial charge in [0.15, 0.2) is 5.82 Å². The van der Waals surface area contributed by atoms with Crippen LogP contribution >= 0.6 is 0 Å². The fraction of sp³-hybridized carbons (Fsp3) is 0.400. The Morgan fingerprint density at radius 2 is 1.86 bits per heavy atom. The minimum Gasteiger partial charge on any atom is -0.497 e. The monoisotopic (exact) mass is 287 g/mol. The Balaban J connectivity index is 1.97. The first kappa shape index (κ1) is 15.0. The van der Waals surface area contributed by atoms with Gasteiger partial charge in [-0.3, -0.25) is 0 Å². The van der Waals surface area contributed by atoms with Crippen LogP contribution in [0.15, 0.2) is 30.5 Å². The van der Waals surface area contributed by atoms with Crippen molar-refractivity contribution in [2.24, 2.45) is 0 Å². The first-order chi connectivity index (χ1) is 9.96. The third-order valence-corrected chi connectivity index (χ3v) is 2.67. The predicted molar refractivity (Wildman–Crippen MR) is 83.5 cm³/mol. The summed E-state index contributed by atoms with van der Waals surface area (Å²) in [5.74, 6) is 2.04. The molecule has 1 heterocycles. The lowest BCUT2D eigenvalue weighted by molar-refractivity contribution is 0.414. The summed E-state index contributed by atoms with van der Waals surface area (Å²) in [4.78, 5) is 4.39. The van der Waals surface area contributed by atoms with E-state index >= 15 is 0 Å². The van der Waals surface area contributed by atoms with E-state index in [-0.39, 0.29) is 5.54 Å². The van der Waals surface area contributed by atoms with Gasteiger partial charge in [-0.05, 0) is 38.5 Å². The summed E-state index contributed by atoms with van der Waals surface area (Å²) < 4.78 is 5.13. The molecule has 0 spiro atoms. The number of ether oxygens (including phenoxy) is 1. The van der Waals surface area contributed by atoms with Crippen LogP contribution in [-0.4, -0.2) is 27.8 Å². The van der Waals surface area contributed by atoms with Crippen LogP contribution in [-0.2, 0) is 6.54 Å². The molecule has 112 valence electrons. The topological polar surface area (TPSA) is 72.0 Å². The summed E-state index contributed by atoms with van der Waals surface area (Å²) in [5, 5.41) is 14.4. The lowest BCUT2D eigenvalue weighted by Gasteiger charge is -2.20. The molecule has 0 aliphatic carbocycles. The largest absolute Gasteiger partial charge is 0.497 e. The van der Waals surface area contributed by atoms with Crippen LogP contribution in [0.3, 0.4) is 0 Å². The van der Waals surface area contributed by atoms with Gasteiger partial charge in [-0.25, -0.2) is 0 Å². The van der Waals surface area contributed by atoms with E-state index in [1.165, 1.54) is 0 Å². The zero-order valence-corrected chi connectivity index (χ0v) is 12.8. The molecule has 2 rings (SSSR count). The average Bonchev–Trinajstić information content (AvgIpc) is 2.44. The zero-order valence-electron chi connectivity index (χ0n) is 12.8. The van der Waals surface area contributed by atoms with E-state index in [0.29, 0.717) is 18.3 Å². The van der Waals surface area contributed by atoms with E-state index in [0.717, 1.165) is 11.3 Å². The highest BCUT2D eigenvalue weighted by atomic mass is 16.5. The van der Waals surface area contributed by atoms with Crippen LogP contribution in [0.1, 0.15) is 26.3 Å². The molecule has 21 heavy (non-hydrogen) atoms. The van der Waals surface area contributed by atoms with Crippen molar-refractivity contribution in [3.63, 3.8) is 0 Å². The van der Waals surface area contributed by atoms with Gasteiger partial charge in [0.2, 0.25) is 5.95 Å². The maximum Gasteiger partial charge on any atom is 0.244 e. The number of hydrogen-bond donors (Lipinski definition) is 2. The van der Waals surface area contributed by atoms with Crippen LogP contribution in [0.4, 0.5) is 11.8 Å². The molecule has 0 fully saturated rings. The molecule has 0 unspecified atom stereocenters. The van der Waals surface area contributed by atoms with Crippen molar-refractivity contribution in [1.29, 1.82) is 0 Å². The Morgan fingerprint density at radius 1 is 1.14 bits per heavy atom. The Hall–Kier alpha value is -2.37. The van der Waals surface area contributed by atoms with E-state index in [4.69, 9.17) is 4.74 Å². The van der Waals surface area contributed by atoms with Crippen LogP contribution < -0.4 is 15.4 Å². The third-order valence-electron chi connectivity index (χ3n) is 2.67. The minimum absolute atomic E-state index is 0.0662. The van der Waals surface area contributed by atoms with Crippen molar-refractivity contribution in [1.82, 2.24) is 15.2 Å². The summed E-state index contributed by atoms with van der Waals surface area (Å²) in [6, 6.07) is 7.84. The zero-order chi connectivity index (χ0) is 15.3. The highest BCUT2D eigenvalue weighted by molar-refractivity contribution is 5.39. The standard InChI is InChI=1S/C15H21N5O/c1-15(2,3)19-13-10-17-20-14(18-13)16-9-11-5-7-12(21-4)8-6-11/h5-8,10H,9H2,1-4H3,(H2,16,18,19,20). The minimum atomic E-state index is -0.0662. The van der Waals surface area contributed by atoms with Gasteiger partial charge in [-0.1, -0.05) is 12.1 Å². The van der Waals surface area contributed by atoms with Gasteiger partial charge >= 0.3 is 0 Å². The molecule has 6 heteroatoms. The van der Waals surface area contributed by atoms with Gasteiger partial charge in [-0.2, -0.15) is 10.1 Å². The van der Waals surface area contributed by atoms with Crippen molar-refractivity contribution >= 4 is 11.8 Å².